The predicted octanol–water partition coefficient (Wildman–Crippen LogP) is 4.83. The standard InChI is InChI=1S/C17H13N3O5S2.C9H7NO/c21-15(13-3-1-2-4-14(13)16(22)23)19-11-5-7-12(8-6-11)27(24,25)20-17-18-9-10-26-17;11-8-5-1-3-7-4-2-6-10-9(7)8/h1-10H,(H,18,20)(H,19,21)(H,22,23);1-6,11H. The van der Waals surface area contributed by atoms with Crippen LogP contribution in [0.1, 0.15) is 20.7 Å². The van der Waals surface area contributed by atoms with Gasteiger partial charge in [-0.3, -0.25) is 14.5 Å². The number of rotatable bonds is 6. The quantitative estimate of drug-likeness (QED) is 0.235. The molecule has 0 spiro atoms. The second-order valence-corrected chi connectivity index (χ2v) is 10.2. The number of hydrogen-bond donors (Lipinski definition) is 4. The molecule has 2 heterocycles. The largest absolute Gasteiger partial charge is 0.506 e. The van der Waals surface area contributed by atoms with Crippen LogP contribution in [-0.2, 0) is 10.0 Å². The van der Waals surface area contributed by atoms with Crippen LogP contribution in [0, 0.1) is 0 Å². The van der Waals surface area contributed by atoms with Crippen molar-refractivity contribution in [3.8, 4) is 5.75 Å². The molecule has 4 N–H and O–H groups in total. The summed E-state index contributed by atoms with van der Waals surface area (Å²) in [6.45, 7) is 0. The van der Waals surface area contributed by atoms with E-state index in [1.54, 1.807) is 29.8 Å². The maximum Gasteiger partial charge on any atom is 0.336 e. The summed E-state index contributed by atoms with van der Waals surface area (Å²) in [5.41, 5.74) is 0.873. The number of nitrogens with zero attached hydrogens (tertiary/aromatic N) is 2. The molecule has 0 radical (unpaired) electrons. The Labute approximate surface area is 221 Å². The van der Waals surface area contributed by atoms with Gasteiger partial charge in [0.05, 0.1) is 16.0 Å². The molecular formula is C26H20N4O6S2. The highest BCUT2D eigenvalue weighted by atomic mass is 32.2. The molecule has 10 nitrogen and oxygen atoms in total. The van der Waals surface area contributed by atoms with Gasteiger partial charge in [-0.25, -0.2) is 18.2 Å². The van der Waals surface area contributed by atoms with Gasteiger partial charge in [0.25, 0.3) is 15.9 Å². The van der Waals surface area contributed by atoms with Crippen LogP contribution in [0.15, 0.2) is 102 Å². The number of phenols is 1. The zero-order chi connectivity index (χ0) is 27.1. The van der Waals surface area contributed by atoms with Crippen LogP contribution in [0.2, 0.25) is 0 Å². The Morgan fingerprint density at radius 2 is 1.53 bits per heavy atom. The second kappa shape index (κ2) is 11.5. The average molecular weight is 549 g/mol. The zero-order valence-corrected chi connectivity index (χ0v) is 21.1. The van der Waals surface area contributed by atoms with Gasteiger partial charge in [-0.05, 0) is 48.5 Å². The summed E-state index contributed by atoms with van der Waals surface area (Å²) in [6.07, 6.45) is 3.15. The molecule has 0 saturated heterocycles. The number of amides is 1. The third-order valence-electron chi connectivity index (χ3n) is 5.09. The number of carboxylic acid groups (broad SMARTS) is 1. The second-order valence-electron chi connectivity index (χ2n) is 7.62. The Kier molecular flexibility index (Phi) is 7.94. The third-order valence-corrected chi connectivity index (χ3v) is 7.26. The molecule has 1 amide bonds. The topological polar surface area (TPSA) is 159 Å². The molecule has 2 aromatic heterocycles. The van der Waals surface area contributed by atoms with Gasteiger partial charge in [0.15, 0.2) is 5.13 Å². The number of carbonyl (C=O) groups is 2. The van der Waals surface area contributed by atoms with Crippen molar-refractivity contribution in [2.75, 3.05) is 10.0 Å². The van der Waals surface area contributed by atoms with E-state index >= 15 is 0 Å². The van der Waals surface area contributed by atoms with Crippen LogP contribution in [-0.4, -0.2) is 40.5 Å². The van der Waals surface area contributed by atoms with Crippen molar-refractivity contribution < 1.29 is 28.2 Å². The molecule has 38 heavy (non-hydrogen) atoms. The van der Waals surface area contributed by atoms with Crippen LogP contribution in [0.25, 0.3) is 10.9 Å². The van der Waals surface area contributed by atoms with E-state index in [1.165, 1.54) is 48.7 Å². The van der Waals surface area contributed by atoms with Crippen LogP contribution < -0.4 is 10.0 Å². The fourth-order valence-electron chi connectivity index (χ4n) is 3.32. The number of carboxylic acids is 1. The molecule has 192 valence electrons. The fourth-order valence-corrected chi connectivity index (χ4v) is 5.11. The maximum absolute atomic E-state index is 12.3. The summed E-state index contributed by atoms with van der Waals surface area (Å²) in [5.74, 6) is -1.58. The number of hydrogen-bond acceptors (Lipinski definition) is 8. The lowest BCUT2D eigenvalue weighted by atomic mass is 10.1. The predicted molar refractivity (Wildman–Crippen MR) is 144 cm³/mol. The molecule has 0 aliphatic rings. The Hall–Kier alpha value is -4.81. The SMILES string of the molecule is O=C(O)c1ccccc1C(=O)Nc1ccc(S(=O)(=O)Nc2nccs2)cc1.Oc1cccc2cccnc12. The molecule has 0 bridgehead atoms. The molecule has 5 aromatic rings. The summed E-state index contributed by atoms with van der Waals surface area (Å²) in [5, 5.41) is 23.9. The molecule has 0 atom stereocenters. The number of sulfonamides is 1. The number of thiazole rings is 1. The van der Waals surface area contributed by atoms with E-state index in [0.717, 1.165) is 16.7 Å². The average Bonchev–Trinajstić information content (AvgIpc) is 3.42. The number of aromatic carboxylic acids is 1. The molecule has 0 fully saturated rings. The van der Waals surface area contributed by atoms with Gasteiger partial charge in [-0.15, -0.1) is 11.3 Å². The van der Waals surface area contributed by atoms with Crippen LogP contribution in [0.3, 0.4) is 0 Å². The van der Waals surface area contributed by atoms with E-state index in [9.17, 15) is 23.1 Å². The van der Waals surface area contributed by atoms with Crippen molar-refractivity contribution in [2.45, 2.75) is 4.90 Å². The Morgan fingerprint density at radius 1 is 0.816 bits per heavy atom. The van der Waals surface area contributed by atoms with Gasteiger partial charge < -0.3 is 15.5 Å². The smallest absolute Gasteiger partial charge is 0.336 e. The zero-order valence-electron chi connectivity index (χ0n) is 19.5. The van der Waals surface area contributed by atoms with Crippen LogP contribution in [0.4, 0.5) is 10.8 Å². The van der Waals surface area contributed by atoms with Crippen molar-refractivity contribution >= 4 is 55.0 Å². The number of nitrogens with one attached hydrogen (secondary N) is 2. The van der Waals surface area contributed by atoms with Gasteiger partial charge in [-0.1, -0.05) is 30.3 Å². The fraction of sp³-hybridized carbons (Fsp3) is 0. The Balaban J connectivity index is 0.000000253. The third kappa shape index (κ3) is 6.30. The minimum atomic E-state index is -3.79. The first-order valence-electron chi connectivity index (χ1n) is 10.9. The minimum Gasteiger partial charge on any atom is -0.506 e. The van der Waals surface area contributed by atoms with E-state index < -0.39 is 21.9 Å². The van der Waals surface area contributed by atoms with Crippen molar-refractivity contribution in [3.63, 3.8) is 0 Å². The van der Waals surface area contributed by atoms with Gasteiger partial charge >= 0.3 is 5.97 Å². The molecule has 5 rings (SSSR count). The molecule has 0 saturated carbocycles. The van der Waals surface area contributed by atoms with Crippen molar-refractivity contribution in [1.82, 2.24) is 9.97 Å². The van der Waals surface area contributed by atoms with Crippen LogP contribution >= 0.6 is 11.3 Å². The number of fused-ring (bicyclic) bond motifs is 1. The van der Waals surface area contributed by atoms with E-state index in [-0.39, 0.29) is 26.9 Å². The van der Waals surface area contributed by atoms with Crippen LogP contribution in [0.5, 0.6) is 5.75 Å². The summed E-state index contributed by atoms with van der Waals surface area (Å²) in [4.78, 5) is 31.4. The first-order chi connectivity index (χ1) is 18.2. The first-order valence-corrected chi connectivity index (χ1v) is 13.3. The monoisotopic (exact) mass is 548 g/mol. The number of carbonyl (C=O) groups excluding carboxylic acids is 1. The molecule has 12 heteroatoms. The lowest BCUT2D eigenvalue weighted by Gasteiger charge is -2.09. The summed E-state index contributed by atoms with van der Waals surface area (Å²) in [6, 6.07) is 20.4. The normalized spacial score (nSPS) is 10.7. The number of aromatic hydroxyl groups is 1. The van der Waals surface area contributed by atoms with Crippen molar-refractivity contribution in [2.24, 2.45) is 0 Å². The molecule has 0 aliphatic heterocycles. The van der Waals surface area contributed by atoms with E-state index in [0.29, 0.717) is 11.2 Å². The Morgan fingerprint density at radius 3 is 2.18 bits per heavy atom. The lowest BCUT2D eigenvalue weighted by Crippen LogP contribution is -2.16. The summed E-state index contributed by atoms with van der Waals surface area (Å²) < 4.78 is 26.9. The number of para-hydroxylation sites is 1. The van der Waals surface area contributed by atoms with Gasteiger partial charge in [-0.2, -0.15) is 0 Å². The molecule has 0 unspecified atom stereocenters. The minimum absolute atomic E-state index is 0.00151. The first kappa shape index (κ1) is 26.3. The lowest BCUT2D eigenvalue weighted by molar-refractivity contribution is 0.0692. The molecule has 3 aromatic carbocycles. The van der Waals surface area contributed by atoms with E-state index in [2.05, 4.69) is 20.0 Å². The highest BCUT2D eigenvalue weighted by molar-refractivity contribution is 7.93. The number of phenolic OH excluding ortho intramolecular Hbond substituents is 1. The number of benzene rings is 3. The number of anilines is 2. The van der Waals surface area contributed by atoms with E-state index in [4.69, 9.17) is 5.11 Å². The maximum atomic E-state index is 12.3. The summed E-state index contributed by atoms with van der Waals surface area (Å²) in [7, 11) is -3.79. The number of pyridine rings is 1. The summed E-state index contributed by atoms with van der Waals surface area (Å²) >= 11 is 1.15. The van der Waals surface area contributed by atoms with Gasteiger partial charge in [0, 0.05) is 28.8 Å². The van der Waals surface area contributed by atoms with E-state index in [1.807, 2.05) is 18.2 Å². The molecule has 0 aliphatic carbocycles. The van der Waals surface area contributed by atoms with Gasteiger partial charge in [0.2, 0.25) is 0 Å². The van der Waals surface area contributed by atoms with Gasteiger partial charge in [0.1, 0.15) is 11.3 Å². The highest BCUT2D eigenvalue weighted by Crippen LogP contribution is 2.21. The Bertz CT molecular complexity index is 1680. The number of aromatic nitrogens is 2. The highest BCUT2D eigenvalue weighted by Gasteiger charge is 2.18. The molecular weight excluding hydrogens is 528 g/mol. The van der Waals surface area contributed by atoms with Crippen molar-refractivity contribution in [3.05, 3.63) is 108 Å². The van der Waals surface area contributed by atoms with Crippen molar-refractivity contribution in [1.29, 1.82) is 0 Å².